The molecule has 0 bridgehead atoms. The minimum absolute atomic E-state index is 0.786. The number of rotatable bonds is 5. The summed E-state index contributed by atoms with van der Waals surface area (Å²) in [4.78, 5) is 5.25. The molecule has 2 aliphatic heterocycles. The summed E-state index contributed by atoms with van der Waals surface area (Å²) < 4.78 is 5.72. The molecule has 4 heteroatoms. The van der Waals surface area contributed by atoms with E-state index in [0.29, 0.717) is 0 Å². The highest BCUT2D eigenvalue weighted by Gasteiger charge is 2.28. The molecule has 0 amide bonds. The van der Waals surface area contributed by atoms with Crippen LogP contribution >= 0.6 is 0 Å². The molecule has 0 aliphatic carbocycles. The molecule has 1 aromatic rings. The summed E-state index contributed by atoms with van der Waals surface area (Å²) >= 11 is 0. The SMILES string of the molecule is CCNCc1coc(CN2CCCN3CCCC3C2)c1. The van der Waals surface area contributed by atoms with Crippen LogP contribution in [-0.4, -0.2) is 48.6 Å². The van der Waals surface area contributed by atoms with Crippen molar-refractivity contribution in [3.63, 3.8) is 0 Å². The Kier molecular flexibility index (Phi) is 4.76. The first-order valence-electron chi connectivity index (χ1n) is 8.08. The van der Waals surface area contributed by atoms with E-state index in [4.69, 9.17) is 4.42 Å². The molecule has 4 nitrogen and oxygen atoms in total. The lowest BCUT2D eigenvalue weighted by Gasteiger charge is -2.24. The normalized spacial score (nSPS) is 24.8. The third kappa shape index (κ3) is 3.43. The van der Waals surface area contributed by atoms with Gasteiger partial charge in [0.1, 0.15) is 5.76 Å². The summed E-state index contributed by atoms with van der Waals surface area (Å²) in [5.41, 5.74) is 1.26. The van der Waals surface area contributed by atoms with E-state index in [1.165, 1.54) is 51.0 Å². The van der Waals surface area contributed by atoms with E-state index in [-0.39, 0.29) is 0 Å². The van der Waals surface area contributed by atoms with Crippen LogP contribution in [0.1, 0.15) is 37.5 Å². The summed E-state index contributed by atoms with van der Waals surface area (Å²) in [7, 11) is 0. The molecule has 2 fully saturated rings. The second-order valence-electron chi connectivity index (χ2n) is 6.12. The molecule has 0 aromatic carbocycles. The minimum atomic E-state index is 0.786. The van der Waals surface area contributed by atoms with Gasteiger partial charge >= 0.3 is 0 Å². The van der Waals surface area contributed by atoms with Gasteiger partial charge in [-0.05, 0) is 51.5 Å². The number of furan rings is 1. The van der Waals surface area contributed by atoms with E-state index in [1.54, 1.807) is 0 Å². The first-order valence-corrected chi connectivity index (χ1v) is 8.08. The fourth-order valence-electron chi connectivity index (χ4n) is 3.52. The maximum absolute atomic E-state index is 5.72. The van der Waals surface area contributed by atoms with Crippen LogP contribution in [0.2, 0.25) is 0 Å². The molecule has 1 aromatic heterocycles. The van der Waals surface area contributed by atoms with Crippen LogP contribution in [0, 0.1) is 0 Å². The molecule has 0 radical (unpaired) electrons. The maximum Gasteiger partial charge on any atom is 0.118 e. The average molecular weight is 277 g/mol. The standard InChI is InChI=1S/C16H27N3O/c1-2-17-10-14-9-16(20-13-14)12-18-6-4-8-19-7-3-5-15(19)11-18/h9,13,15,17H,2-8,10-12H2,1H3. The maximum atomic E-state index is 5.72. The van der Waals surface area contributed by atoms with Gasteiger partial charge in [-0.1, -0.05) is 6.92 Å². The second kappa shape index (κ2) is 6.74. The molecule has 3 heterocycles. The van der Waals surface area contributed by atoms with Gasteiger partial charge in [0.2, 0.25) is 0 Å². The lowest BCUT2D eigenvalue weighted by atomic mass is 10.2. The first-order chi connectivity index (χ1) is 9.85. The van der Waals surface area contributed by atoms with Gasteiger partial charge in [0.05, 0.1) is 12.8 Å². The third-order valence-corrected chi connectivity index (χ3v) is 4.55. The molecule has 1 atom stereocenters. The van der Waals surface area contributed by atoms with Crippen LogP contribution in [0.15, 0.2) is 16.7 Å². The van der Waals surface area contributed by atoms with Gasteiger partial charge in [-0.25, -0.2) is 0 Å². The van der Waals surface area contributed by atoms with Crippen LogP contribution in [0.5, 0.6) is 0 Å². The number of nitrogens with one attached hydrogen (secondary N) is 1. The monoisotopic (exact) mass is 277 g/mol. The van der Waals surface area contributed by atoms with Crippen molar-refractivity contribution in [2.75, 3.05) is 32.7 Å². The molecular formula is C16H27N3O. The lowest BCUT2D eigenvalue weighted by molar-refractivity contribution is 0.205. The zero-order valence-corrected chi connectivity index (χ0v) is 12.6. The molecular weight excluding hydrogens is 250 g/mol. The molecule has 2 saturated heterocycles. The van der Waals surface area contributed by atoms with Crippen molar-refractivity contribution in [1.29, 1.82) is 0 Å². The van der Waals surface area contributed by atoms with Crippen molar-refractivity contribution in [3.05, 3.63) is 23.7 Å². The molecule has 1 N–H and O–H groups in total. The summed E-state index contributed by atoms with van der Waals surface area (Å²) in [5, 5.41) is 3.34. The van der Waals surface area contributed by atoms with E-state index in [2.05, 4.69) is 28.1 Å². The van der Waals surface area contributed by atoms with Gasteiger partial charge in [-0.15, -0.1) is 0 Å². The van der Waals surface area contributed by atoms with Gasteiger partial charge in [-0.3, -0.25) is 9.80 Å². The van der Waals surface area contributed by atoms with Crippen molar-refractivity contribution < 1.29 is 4.42 Å². The minimum Gasteiger partial charge on any atom is -0.468 e. The Morgan fingerprint density at radius 1 is 1.30 bits per heavy atom. The van der Waals surface area contributed by atoms with Gasteiger partial charge in [0.15, 0.2) is 0 Å². The highest BCUT2D eigenvalue weighted by Crippen LogP contribution is 2.22. The topological polar surface area (TPSA) is 31.7 Å². The first kappa shape index (κ1) is 14.1. The van der Waals surface area contributed by atoms with Crippen LogP contribution < -0.4 is 5.32 Å². The summed E-state index contributed by atoms with van der Waals surface area (Å²) in [6, 6.07) is 2.99. The molecule has 112 valence electrons. The molecule has 0 saturated carbocycles. The smallest absolute Gasteiger partial charge is 0.118 e. The fraction of sp³-hybridized carbons (Fsp3) is 0.750. The van der Waals surface area contributed by atoms with E-state index in [1.807, 2.05) is 6.26 Å². The van der Waals surface area contributed by atoms with Crippen molar-refractivity contribution in [3.8, 4) is 0 Å². The zero-order chi connectivity index (χ0) is 13.8. The number of fused-ring (bicyclic) bond motifs is 1. The van der Waals surface area contributed by atoms with E-state index < -0.39 is 0 Å². The van der Waals surface area contributed by atoms with E-state index >= 15 is 0 Å². The molecule has 20 heavy (non-hydrogen) atoms. The van der Waals surface area contributed by atoms with E-state index in [0.717, 1.165) is 31.4 Å². The Bertz CT molecular complexity index is 418. The van der Waals surface area contributed by atoms with Crippen molar-refractivity contribution in [2.24, 2.45) is 0 Å². The number of hydrogen-bond acceptors (Lipinski definition) is 4. The van der Waals surface area contributed by atoms with Gasteiger partial charge in [-0.2, -0.15) is 0 Å². The summed E-state index contributed by atoms with van der Waals surface area (Å²) in [6.45, 7) is 10.0. The van der Waals surface area contributed by atoms with Crippen molar-refractivity contribution >= 4 is 0 Å². The molecule has 1 unspecified atom stereocenters. The predicted octanol–water partition coefficient (Wildman–Crippen LogP) is 2.06. The van der Waals surface area contributed by atoms with Crippen molar-refractivity contribution in [2.45, 2.75) is 45.3 Å². The van der Waals surface area contributed by atoms with Crippen molar-refractivity contribution in [1.82, 2.24) is 15.1 Å². The Balaban J connectivity index is 1.55. The quantitative estimate of drug-likeness (QED) is 0.893. The Hall–Kier alpha value is -0.840. The Morgan fingerprint density at radius 2 is 2.20 bits per heavy atom. The van der Waals surface area contributed by atoms with Gasteiger partial charge < -0.3 is 9.73 Å². The number of hydrogen-bond donors (Lipinski definition) is 1. The second-order valence-corrected chi connectivity index (χ2v) is 6.12. The third-order valence-electron chi connectivity index (χ3n) is 4.55. The highest BCUT2D eigenvalue weighted by atomic mass is 16.3. The van der Waals surface area contributed by atoms with E-state index in [9.17, 15) is 0 Å². The van der Waals surface area contributed by atoms with Crippen LogP contribution in [0.25, 0.3) is 0 Å². The van der Waals surface area contributed by atoms with Crippen LogP contribution in [-0.2, 0) is 13.1 Å². The molecule has 0 spiro atoms. The van der Waals surface area contributed by atoms with Crippen LogP contribution in [0.4, 0.5) is 0 Å². The van der Waals surface area contributed by atoms with Crippen LogP contribution in [0.3, 0.4) is 0 Å². The summed E-state index contributed by atoms with van der Waals surface area (Å²) in [5.74, 6) is 1.12. The summed E-state index contributed by atoms with van der Waals surface area (Å²) in [6.07, 6.45) is 5.95. The lowest BCUT2D eigenvalue weighted by Crippen LogP contribution is -2.36. The highest BCUT2D eigenvalue weighted by molar-refractivity contribution is 5.12. The average Bonchev–Trinajstić information content (AvgIpc) is 3.03. The fourth-order valence-corrected chi connectivity index (χ4v) is 3.52. The van der Waals surface area contributed by atoms with Gasteiger partial charge in [0, 0.05) is 24.7 Å². The molecule has 2 aliphatic rings. The largest absolute Gasteiger partial charge is 0.468 e. The Morgan fingerprint density at radius 3 is 3.10 bits per heavy atom. The zero-order valence-electron chi connectivity index (χ0n) is 12.6. The molecule has 3 rings (SSSR count). The number of nitrogens with zero attached hydrogens (tertiary/aromatic N) is 2. The van der Waals surface area contributed by atoms with Gasteiger partial charge in [0.25, 0.3) is 0 Å². The Labute approximate surface area is 122 Å². The predicted molar refractivity (Wildman–Crippen MR) is 80.6 cm³/mol.